The summed E-state index contributed by atoms with van der Waals surface area (Å²) in [6, 6.07) is 0. The Morgan fingerprint density at radius 1 is 1.12 bits per heavy atom. The fraction of sp³-hybridized carbons (Fsp3) is 1.00. The lowest BCUT2D eigenvalue weighted by Gasteiger charge is -2.27. The highest BCUT2D eigenvalue weighted by atomic mass is 16.3. The minimum absolute atomic E-state index is 0.0570. The number of unbranched alkanes of at least 4 members (excludes halogenated alkanes) is 6. The molecule has 1 aliphatic heterocycles. The van der Waals surface area contributed by atoms with E-state index in [0.717, 1.165) is 19.5 Å². The van der Waals surface area contributed by atoms with Gasteiger partial charge in [-0.2, -0.15) is 0 Å². The average Bonchev–Trinajstić information content (AvgIpc) is 2.38. The molecule has 0 aliphatic carbocycles. The Kier molecular flexibility index (Phi) is 8.72. The number of rotatable bonds is 9. The first-order valence-electron chi connectivity index (χ1n) is 7.73. The number of hydrogen-bond acceptors (Lipinski definition) is 2. The minimum Gasteiger partial charge on any atom is -0.393 e. The summed E-state index contributed by atoms with van der Waals surface area (Å²) in [6.45, 7) is 4.42. The lowest BCUT2D eigenvalue weighted by Crippen LogP contribution is -2.36. The van der Waals surface area contributed by atoms with Crippen molar-refractivity contribution in [3.05, 3.63) is 0 Å². The van der Waals surface area contributed by atoms with Crippen molar-refractivity contribution in [3.63, 3.8) is 0 Å². The lowest BCUT2D eigenvalue weighted by atomic mass is 9.90. The van der Waals surface area contributed by atoms with Gasteiger partial charge in [-0.25, -0.2) is 0 Å². The van der Waals surface area contributed by atoms with Gasteiger partial charge in [-0.05, 0) is 31.7 Å². The Labute approximate surface area is 107 Å². The molecule has 1 fully saturated rings. The molecule has 0 aromatic rings. The van der Waals surface area contributed by atoms with Crippen LogP contribution < -0.4 is 5.32 Å². The largest absolute Gasteiger partial charge is 0.393 e. The smallest absolute Gasteiger partial charge is 0.0580 e. The van der Waals surface area contributed by atoms with E-state index in [1.165, 1.54) is 57.8 Å². The third-order valence-electron chi connectivity index (χ3n) is 3.98. The van der Waals surface area contributed by atoms with E-state index in [4.69, 9.17) is 0 Å². The number of nitrogens with one attached hydrogen (secondary N) is 1. The summed E-state index contributed by atoms with van der Waals surface area (Å²) in [4.78, 5) is 0. The van der Waals surface area contributed by atoms with Crippen LogP contribution in [0.2, 0.25) is 0 Å². The van der Waals surface area contributed by atoms with Crippen LogP contribution in [-0.2, 0) is 0 Å². The minimum atomic E-state index is -0.0570. The summed E-state index contributed by atoms with van der Waals surface area (Å²) < 4.78 is 0. The van der Waals surface area contributed by atoms with E-state index < -0.39 is 0 Å². The van der Waals surface area contributed by atoms with Crippen molar-refractivity contribution in [2.24, 2.45) is 5.92 Å². The molecule has 0 amide bonds. The maximum atomic E-state index is 10.1. The summed E-state index contributed by atoms with van der Waals surface area (Å²) in [6.07, 6.45) is 12.8. The first-order valence-corrected chi connectivity index (χ1v) is 7.73. The molecule has 1 rings (SSSR count). The fourth-order valence-electron chi connectivity index (χ4n) is 2.75. The van der Waals surface area contributed by atoms with Crippen molar-refractivity contribution in [2.75, 3.05) is 13.1 Å². The molecule has 1 heterocycles. The normalized spacial score (nSPS) is 22.6. The molecular formula is C15H31NO. The molecule has 0 saturated carbocycles. The van der Waals surface area contributed by atoms with E-state index in [1.807, 2.05) is 0 Å². The Balaban J connectivity index is 1.90. The topological polar surface area (TPSA) is 32.3 Å². The van der Waals surface area contributed by atoms with Gasteiger partial charge in [0, 0.05) is 6.54 Å². The van der Waals surface area contributed by atoms with Crippen LogP contribution >= 0.6 is 0 Å². The third kappa shape index (κ3) is 7.05. The molecule has 2 N–H and O–H groups in total. The van der Waals surface area contributed by atoms with E-state index in [-0.39, 0.29) is 6.10 Å². The van der Waals surface area contributed by atoms with Crippen molar-refractivity contribution in [1.82, 2.24) is 5.32 Å². The molecular weight excluding hydrogens is 210 g/mol. The van der Waals surface area contributed by atoms with E-state index in [9.17, 15) is 5.11 Å². The molecule has 0 spiro atoms. The summed E-state index contributed by atoms with van der Waals surface area (Å²) in [7, 11) is 0. The maximum Gasteiger partial charge on any atom is 0.0580 e. The molecule has 2 nitrogen and oxygen atoms in total. The molecule has 0 aromatic carbocycles. The second-order valence-corrected chi connectivity index (χ2v) is 5.58. The van der Waals surface area contributed by atoms with Crippen LogP contribution in [0.1, 0.15) is 71.1 Å². The van der Waals surface area contributed by atoms with E-state index in [2.05, 4.69) is 12.2 Å². The van der Waals surface area contributed by atoms with Gasteiger partial charge in [-0.15, -0.1) is 0 Å². The van der Waals surface area contributed by atoms with Gasteiger partial charge in [0.15, 0.2) is 0 Å². The highest BCUT2D eigenvalue weighted by Gasteiger charge is 2.20. The Morgan fingerprint density at radius 3 is 2.47 bits per heavy atom. The van der Waals surface area contributed by atoms with Crippen molar-refractivity contribution in [1.29, 1.82) is 0 Å². The lowest BCUT2D eigenvalue weighted by molar-refractivity contribution is 0.0816. The van der Waals surface area contributed by atoms with Crippen LogP contribution in [0.4, 0.5) is 0 Å². The second-order valence-electron chi connectivity index (χ2n) is 5.58. The van der Waals surface area contributed by atoms with Gasteiger partial charge < -0.3 is 10.4 Å². The summed E-state index contributed by atoms with van der Waals surface area (Å²) in [5.74, 6) is 0.517. The molecule has 0 bridgehead atoms. The van der Waals surface area contributed by atoms with E-state index in [0.29, 0.717) is 5.92 Å². The van der Waals surface area contributed by atoms with Gasteiger partial charge >= 0.3 is 0 Å². The molecule has 17 heavy (non-hydrogen) atoms. The van der Waals surface area contributed by atoms with Crippen molar-refractivity contribution in [2.45, 2.75) is 77.2 Å². The van der Waals surface area contributed by atoms with E-state index in [1.54, 1.807) is 0 Å². The van der Waals surface area contributed by atoms with Crippen molar-refractivity contribution < 1.29 is 5.11 Å². The standard InChI is InChI=1S/C15H31NO/c1-2-3-4-5-6-7-8-11-15(17)14-10-9-12-16-13-14/h14-17H,2-13H2,1H3. The molecule has 0 radical (unpaired) electrons. The monoisotopic (exact) mass is 241 g/mol. The second kappa shape index (κ2) is 9.90. The number of aliphatic hydroxyl groups is 1. The Hall–Kier alpha value is -0.0800. The van der Waals surface area contributed by atoms with Gasteiger partial charge in [0.1, 0.15) is 0 Å². The molecule has 1 saturated heterocycles. The van der Waals surface area contributed by atoms with Crippen molar-refractivity contribution >= 4 is 0 Å². The highest BCUT2D eigenvalue weighted by molar-refractivity contribution is 4.75. The van der Waals surface area contributed by atoms with Crippen LogP contribution in [0.3, 0.4) is 0 Å². The SMILES string of the molecule is CCCCCCCCCC(O)C1CCCNC1. The maximum absolute atomic E-state index is 10.1. The number of aliphatic hydroxyl groups excluding tert-OH is 1. The van der Waals surface area contributed by atoms with Crippen LogP contribution in [0, 0.1) is 5.92 Å². The van der Waals surface area contributed by atoms with Gasteiger partial charge in [-0.3, -0.25) is 0 Å². The predicted octanol–water partition coefficient (Wildman–Crippen LogP) is 3.49. The van der Waals surface area contributed by atoms with Crippen LogP contribution in [0.5, 0.6) is 0 Å². The van der Waals surface area contributed by atoms with Gasteiger partial charge in [0.2, 0.25) is 0 Å². The van der Waals surface area contributed by atoms with Crippen LogP contribution in [-0.4, -0.2) is 24.3 Å². The Morgan fingerprint density at radius 2 is 1.82 bits per heavy atom. The average molecular weight is 241 g/mol. The van der Waals surface area contributed by atoms with E-state index >= 15 is 0 Å². The van der Waals surface area contributed by atoms with Gasteiger partial charge in [0.05, 0.1) is 6.10 Å². The predicted molar refractivity (Wildman–Crippen MR) is 74.2 cm³/mol. The highest BCUT2D eigenvalue weighted by Crippen LogP contribution is 2.19. The zero-order chi connectivity index (χ0) is 12.3. The third-order valence-corrected chi connectivity index (χ3v) is 3.98. The van der Waals surface area contributed by atoms with Crippen LogP contribution in [0.25, 0.3) is 0 Å². The van der Waals surface area contributed by atoms with Crippen LogP contribution in [0.15, 0.2) is 0 Å². The fourth-order valence-corrected chi connectivity index (χ4v) is 2.75. The molecule has 2 atom stereocenters. The number of hydrogen-bond donors (Lipinski definition) is 2. The molecule has 2 unspecified atom stereocenters. The summed E-state index contributed by atoms with van der Waals surface area (Å²) >= 11 is 0. The van der Waals surface area contributed by atoms with Gasteiger partial charge in [0.25, 0.3) is 0 Å². The Bertz CT molecular complexity index is 166. The quantitative estimate of drug-likeness (QED) is 0.606. The molecule has 0 aromatic heterocycles. The van der Waals surface area contributed by atoms with Gasteiger partial charge in [-0.1, -0.05) is 51.9 Å². The molecule has 102 valence electrons. The zero-order valence-corrected chi connectivity index (χ0v) is 11.6. The van der Waals surface area contributed by atoms with Crippen molar-refractivity contribution in [3.8, 4) is 0 Å². The first kappa shape index (κ1) is 15.0. The number of piperidine rings is 1. The molecule has 1 aliphatic rings. The summed E-state index contributed by atoms with van der Waals surface area (Å²) in [5, 5.41) is 13.5. The zero-order valence-electron chi connectivity index (χ0n) is 11.6. The summed E-state index contributed by atoms with van der Waals surface area (Å²) in [5.41, 5.74) is 0. The molecule has 2 heteroatoms. The first-order chi connectivity index (χ1) is 8.34.